The first-order valence-electron chi connectivity index (χ1n) is 8.62. The van der Waals surface area contributed by atoms with E-state index in [0.717, 1.165) is 45.5 Å². The molecule has 2 fully saturated rings. The molecule has 2 rings (SSSR count). The average molecular weight is 293 g/mol. The first-order valence-corrected chi connectivity index (χ1v) is 8.62. The molecule has 4 nitrogen and oxygen atoms in total. The van der Waals surface area contributed by atoms with Gasteiger partial charge in [0.05, 0.1) is 18.8 Å². The van der Waals surface area contributed by atoms with Crippen molar-refractivity contribution in [1.82, 2.24) is 10.2 Å². The SMILES string of the molecule is CCC1CN(CCC2CCCC2(C#N)NC(C)C)CCO1. The van der Waals surface area contributed by atoms with E-state index in [2.05, 4.69) is 37.1 Å². The molecule has 4 heteroatoms. The van der Waals surface area contributed by atoms with E-state index in [1.807, 2.05) is 0 Å². The Labute approximate surface area is 129 Å². The highest BCUT2D eigenvalue weighted by molar-refractivity contribution is 5.14. The first kappa shape index (κ1) is 16.7. The molecule has 1 aliphatic heterocycles. The van der Waals surface area contributed by atoms with Gasteiger partial charge in [-0.25, -0.2) is 0 Å². The minimum absolute atomic E-state index is 0.287. The van der Waals surface area contributed by atoms with Crippen molar-refractivity contribution in [2.24, 2.45) is 5.92 Å². The van der Waals surface area contributed by atoms with Gasteiger partial charge in [-0.2, -0.15) is 5.26 Å². The van der Waals surface area contributed by atoms with E-state index >= 15 is 0 Å². The van der Waals surface area contributed by atoms with Crippen molar-refractivity contribution in [1.29, 1.82) is 5.26 Å². The number of morpholine rings is 1. The van der Waals surface area contributed by atoms with E-state index in [4.69, 9.17) is 4.74 Å². The van der Waals surface area contributed by atoms with Gasteiger partial charge in [0, 0.05) is 19.1 Å². The van der Waals surface area contributed by atoms with Gasteiger partial charge in [-0.15, -0.1) is 0 Å². The molecule has 0 spiro atoms. The molecule has 0 aromatic carbocycles. The number of rotatable bonds is 6. The van der Waals surface area contributed by atoms with Crippen molar-refractivity contribution in [3.8, 4) is 6.07 Å². The lowest BCUT2D eigenvalue weighted by molar-refractivity contribution is -0.0314. The van der Waals surface area contributed by atoms with Crippen molar-refractivity contribution < 1.29 is 4.74 Å². The highest BCUT2D eigenvalue weighted by Crippen LogP contribution is 2.38. The third-order valence-electron chi connectivity index (χ3n) is 5.04. The largest absolute Gasteiger partial charge is 0.376 e. The number of nitrogens with one attached hydrogen (secondary N) is 1. The summed E-state index contributed by atoms with van der Waals surface area (Å²) in [5.74, 6) is 0.493. The molecular formula is C17H31N3O. The van der Waals surface area contributed by atoms with E-state index in [-0.39, 0.29) is 5.54 Å². The van der Waals surface area contributed by atoms with Gasteiger partial charge in [0.25, 0.3) is 0 Å². The van der Waals surface area contributed by atoms with Crippen LogP contribution in [0.2, 0.25) is 0 Å². The van der Waals surface area contributed by atoms with E-state index < -0.39 is 0 Å². The zero-order chi connectivity index (χ0) is 15.3. The van der Waals surface area contributed by atoms with Crippen LogP contribution >= 0.6 is 0 Å². The van der Waals surface area contributed by atoms with Crippen LogP contribution in [0.1, 0.15) is 52.9 Å². The lowest BCUT2D eigenvalue weighted by Gasteiger charge is -2.36. The second-order valence-electron chi connectivity index (χ2n) is 6.96. The van der Waals surface area contributed by atoms with Gasteiger partial charge in [0.1, 0.15) is 5.54 Å². The van der Waals surface area contributed by atoms with Gasteiger partial charge >= 0.3 is 0 Å². The second kappa shape index (κ2) is 7.58. The third kappa shape index (κ3) is 4.18. The van der Waals surface area contributed by atoms with Crippen LogP contribution in [0.15, 0.2) is 0 Å². The summed E-state index contributed by atoms with van der Waals surface area (Å²) in [5, 5.41) is 13.3. The van der Waals surface area contributed by atoms with Gasteiger partial charge < -0.3 is 4.74 Å². The predicted molar refractivity (Wildman–Crippen MR) is 85.0 cm³/mol. The number of hydrogen-bond donors (Lipinski definition) is 1. The minimum Gasteiger partial charge on any atom is -0.376 e. The summed E-state index contributed by atoms with van der Waals surface area (Å²) in [6.07, 6.45) is 6.00. The summed E-state index contributed by atoms with van der Waals surface area (Å²) in [6.45, 7) is 10.5. The molecule has 0 radical (unpaired) electrons. The van der Waals surface area contributed by atoms with Crippen molar-refractivity contribution in [2.45, 2.75) is 70.6 Å². The van der Waals surface area contributed by atoms with Crippen molar-refractivity contribution >= 4 is 0 Å². The molecular weight excluding hydrogens is 262 g/mol. The number of nitrogens with zero attached hydrogens (tertiary/aromatic N) is 2. The van der Waals surface area contributed by atoms with Crippen LogP contribution in [0.5, 0.6) is 0 Å². The van der Waals surface area contributed by atoms with Crippen LogP contribution in [-0.2, 0) is 4.74 Å². The second-order valence-corrected chi connectivity index (χ2v) is 6.96. The summed E-state index contributed by atoms with van der Waals surface area (Å²) in [7, 11) is 0. The van der Waals surface area contributed by atoms with E-state index in [0.29, 0.717) is 18.1 Å². The molecule has 1 heterocycles. The Morgan fingerprint density at radius 1 is 1.48 bits per heavy atom. The van der Waals surface area contributed by atoms with Crippen molar-refractivity contribution in [3.63, 3.8) is 0 Å². The van der Waals surface area contributed by atoms with Crippen LogP contribution in [0, 0.1) is 17.2 Å². The quantitative estimate of drug-likeness (QED) is 0.817. The van der Waals surface area contributed by atoms with Crippen LogP contribution in [0.25, 0.3) is 0 Å². The topological polar surface area (TPSA) is 48.3 Å². The summed E-state index contributed by atoms with van der Waals surface area (Å²) >= 11 is 0. The van der Waals surface area contributed by atoms with E-state index in [9.17, 15) is 5.26 Å². The molecule has 0 amide bonds. The molecule has 1 saturated carbocycles. The van der Waals surface area contributed by atoms with Gasteiger partial charge in [-0.3, -0.25) is 10.2 Å². The summed E-state index contributed by atoms with van der Waals surface area (Å²) < 4.78 is 5.74. The predicted octanol–water partition coefficient (Wildman–Crippen LogP) is 2.55. The number of hydrogen-bond acceptors (Lipinski definition) is 4. The lowest BCUT2D eigenvalue weighted by atomic mass is 9.85. The van der Waals surface area contributed by atoms with Crippen LogP contribution < -0.4 is 5.32 Å². The molecule has 21 heavy (non-hydrogen) atoms. The van der Waals surface area contributed by atoms with E-state index in [1.165, 1.54) is 12.8 Å². The molecule has 3 unspecified atom stereocenters. The molecule has 0 aromatic heterocycles. The zero-order valence-electron chi connectivity index (χ0n) is 13.9. The maximum absolute atomic E-state index is 9.71. The zero-order valence-corrected chi connectivity index (χ0v) is 13.9. The fraction of sp³-hybridized carbons (Fsp3) is 0.941. The average Bonchev–Trinajstić information content (AvgIpc) is 2.87. The van der Waals surface area contributed by atoms with Crippen LogP contribution in [-0.4, -0.2) is 48.8 Å². The maximum atomic E-state index is 9.71. The molecule has 1 saturated heterocycles. The molecule has 3 atom stereocenters. The Balaban J connectivity index is 1.88. The Morgan fingerprint density at radius 2 is 2.29 bits per heavy atom. The monoisotopic (exact) mass is 293 g/mol. The standard InChI is InChI=1S/C17H31N3O/c1-4-16-12-20(10-11-21-16)9-7-15-6-5-8-17(15,13-18)19-14(2)3/h14-16,19H,4-12H2,1-3H3. The summed E-state index contributed by atoms with van der Waals surface area (Å²) in [4.78, 5) is 2.52. The first-order chi connectivity index (χ1) is 10.1. The molecule has 120 valence electrons. The van der Waals surface area contributed by atoms with Gasteiger partial charge in [-0.05, 0) is 52.0 Å². The molecule has 0 aromatic rings. The number of nitriles is 1. The highest BCUT2D eigenvalue weighted by Gasteiger charge is 2.43. The Kier molecular flexibility index (Phi) is 6.04. The summed E-state index contributed by atoms with van der Waals surface area (Å²) in [6, 6.07) is 2.99. The van der Waals surface area contributed by atoms with Crippen LogP contribution in [0.4, 0.5) is 0 Å². The molecule has 1 N–H and O–H groups in total. The Bertz CT molecular complexity index is 366. The Morgan fingerprint density at radius 3 is 2.95 bits per heavy atom. The van der Waals surface area contributed by atoms with Gasteiger partial charge in [0.2, 0.25) is 0 Å². The summed E-state index contributed by atoms with van der Waals surface area (Å²) in [5.41, 5.74) is -0.287. The number of ether oxygens (including phenoxy) is 1. The maximum Gasteiger partial charge on any atom is 0.109 e. The van der Waals surface area contributed by atoms with Crippen molar-refractivity contribution in [2.75, 3.05) is 26.2 Å². The molecule has 1 aliphatic carbocycles. The molecule has 0 bridgehead atoms. The lowest BCUT2D eigenvalue weighted by Crippen LogP contribution is -2.51. The minimum atomic E-state index is -0.287. The fourth-order valence-electron chi connectivity index (χ4n) is 3.92. The third-order valence-corrected chi connectivity index (χ3v) is 5.04. The normalized spacial score (nSPS) is 34.2. The van der Waals surface area contributed by atoms with Gasteiger partial charge in [0.15, 0.2) is 0 Å². The van der Waals surface area contributed by atoms with Crippen molar-refractivity contribution in [3.05, 3.63) is 0 Å². The Hall–Kier alpha value is -0.630. The molecule has 2 aliphatic rings. The van der Waals surface area contributed by atoms with E-state index in [1.54, 1.807) is 0 Å². The van der Waals surface area contributed by atoms with Crippen LogP contribution in [0.3, 0.4) is 0 Å². The fourth-order valence-corrected chi connectivity index (χ4v) is 3.92. The van der Waals surface area contributed by atoms with Gasteiger partial charge in [-0.1, -0.05) is 13.3 Å². The smallest absolute Gasteiger partial charge is 0.109 e. The highest BCUT2D eigenvalue weighted by atomic mass is 16.5.